The van der Waals surface area contributed by atoms with Crippen molar-refractivity contribution in [2.45, 2.75) is 56.8 Å². The summed E-state index contributed by atoms with van der Waals surface area (Å²) in [6.45, 7) is 10.6. The molecule has 2 rings (SSSR count). The average Bonchev–Trinajstić information content (AvgIpc) is 2.77. The molecule has 1 heterocycles. The summed E-state index contributed by atoms with van der Waals surface area (Å²) < 4.78 is 11.0. The van der Waals surface area contributed by atoms with Crippen LogP contribution in [-0.2, 0) is 9.53 Å². The second kappa shape index (κ2) is 14.7. The molecular weight excluding hydrogens is 444 g/mol. The predicted octanol–water partition coefficient (Wildman–Crippen LogP) is 5.82. The number of nitrogens with zero attached hydrogens (tertiary/aromatic N) is 3. The molecule has 0 saturated heterocycles. The molecule has 7 nitrogen and oxygen atoms in total. The van der Waals surface area contributed by atoms with E-state index in [4.69, 9.17) is 9.47 Å². The van der Waals surface area contributed by atoms with Crippen LogP contribution in [-0.4, -0.2) is 45.6 Å². The minimum Gasteiger partial charge on any atom is -0.491 e. The number of ether oxygens (including phenoxy) is 2. The number of nitrogens with one attached hydrogen (secondary N) is 1. The van der Waals surface area contributed by atoms with E-state index in [1.54, 1.807) is 23.5 Å². The van der Waals surface area contributed by atoms with Crippen LogP contribution in [0.3, 0.4) is 0 Å². The maximum absolute atomic E-state index is 11.0. The molecule has 1 N–H and O–H groups in total. The Balaban J connectivity index is 1.93. The number of thioether (sulfide) groups is 2. The number of anilines is 2. The van der Waals surface area contributed by atoms with Gasteiger partial charge in [-0.2, -0.15) is 15.0 Å². The van der Waals surface area contributed by atoms with Crippen molar-refractivity contribution in [1.82, 2.24) is 15.0 Å². The monoisotopic (exact) mass is 476 g/mol. The highest BCUT2D eigenvalue weighted by Crippen LogP contribution is 2.29. The fourth-order valence-electron chi connectivity index (χ4n) is 2.74. The van der Waals surface area contributed by atoms with Crippen LogP contribution in [0.15, 0.2) is 41.2 Å². The molecule has 0 unspecified atom stereocenters. The van der Waals surface area contributed by atoms with Crippen molar-refractivity contribution < 1.29 is 14.3 Å². The molecule has 0 amide bonds. The molecule has 0 aliphatic heterocycles. The highest BCUT2D eigenvalue weighted by Gasteiger charge is 2.11. The van der Waals surface area contributed by atoms with Crippen LogP contribution in [0.1, 0.15) is 45.1 Å². The zero-order valence-electron chi connectivity index (χ0n) is 19.1. The van der Waals surface area contributed by atoms with Crippen molar-refractivity contribution in [3.8, 4) is 5.75 Å². The smallest absolute Gasteiger partial charge is 0.330 e. The van der Waals surface area contributed by atoms with Crippen LogP contribution in [0, 0.1) is 6.92 Å². The molecule has 174 valence electrons. The van der Waals surface area contributed by atoms with Crippen molar-refractivity contribution in [2.24, 2.45) is 0 Å². The number of benzene rings is 1. The number of esters is 1. The van der Waals surface area contributed by atoms with Gasteiger partial charge in [0, 0.05) is 6.08 Å². The summed E-state index contributed by atoms with van der Waals surface area (Å²) >= 11 is 3.19. The molecule has 9 heteroatoms. The molecule has 2 aromatic rings. The summed E-state index contributed by atoms with van der Waals surface area (Å²) in [5.41, 5.74) is 1.96. The molecular formula is C23H32N4O3S2. The number of aryl methyl sites for hydroxylation is 1. The number of hydrogen-bond acceptors (Lipinski definition) is 9. The van der Waals surface area contributed by atoms with E-state index in [0.717, 1.165) is 64.5 Å². The van der Waals surface area contributed by atoms with E-state index < -0.39 is 0 Å². The maximum atomic E-state index is 11.0. The molecule has 1 aromatic carbocycles. The van der Waals surface area contributed by atoms with Gasteiger partial charge in [0.2, 0.25) is 5.95 Å². The second-order valence-corrected chi connectivity index (χ2v) is 9.31. The third kappa shape index (κ3) is 9.48. The first-order valence-corrected chi connectivity index (χ1v) is 12.8. The lowest BCUT2D eigenvalue weighted by molar-refractivity contribution is -0.137. The second-order valence-electron chi connectivity index (χ2n) is 6.85. The number of carbonyl (C=O) groups is 1. The van der Waals surface area contributed by atoms with Crippen LogP contribution in [0.5, 0.6) is 5.75 Å². The van der Waals surface area contributed by atoms with Crippen molar-refractivity contribution in [2.75, 3.05) is 30.0 Å². The van der Waals surface area contributed by atoms with Gasteiger partial charge in [0.1, 0.15) is 5.75 Å². The number of aromatic nitrogens is 3. The number of unbranched alkanes of at least 4 members (excludes halogenated alkanes) is 3. The molecule has 0 radical (unpaired) electrons. The van der Waals surface area contributed by atoms with Gasteiger partial charge in [-0.25, -0.2) is 4.79 Å². The Hall–Kier alpha value is -2.26. The first-order chi connectivity index (χ1) is 15.5. The molecule has 0 bridgehead atoms. The van der Waals surface area contributed by atoms with Gasteiger partial charge in [-0.05, 0) is 61.8 Å². The quantitative estimate of drug-likeness (QED) is 0.148. The summed E-state index contributed by atoms with van der Waals surface area (Å²) in [7, 11) is 0. The van der Waals surface area contributed by atoms with Crippen LogP contribution in [0.2, 0.25) is 0 Å². The van der Waals surface area contributed by atoms with Gasteiger partial charge >= 0.3 is 5.97 Å². The van der Waals surface area contributed by atoms with Crippen LogP contribution in [0.25, 0.3) is 0 Å². The van der Waals surface area contributed by atoms with E-state index in [1.807, 2.05) is 25.1 Å². The third-order valence-corrected chi connectivity index (χ3v) is 5.69. The number of carbonyl (C=O) groups excluding carboxylic acids is 1. The lowest BCUT2D eigenvalue weighted by atomic mass is 10.2. The zero-order chi connectivity index (χ0) is 23.2. The Morgan fingerprint density at radius 3 is 2.31 bits per heavy atom. The van der Waals surface area contributed by atoms with Gasteiger partial charge in [-0.3, -0.25) is 0 Å². The summed E-state index contributed by atoms with van der Waals surface area (Å²) in [6, 6.07) is 6.03. The van der Waals surface area contributed by atoms with Crippen molar-refractivity contribution in [1.29, 1.82) is 0 Å². The van der Waals surface area contributed by atoms with Crippen LogP contribution in [0.4, 0.5) is 11.6 Å². The Morgan fingerprint density at radius 2 is 1.69 bits per heavy atom. The average molecular weight is 477 g/mol. The Kier molecular flexibility index (Phi) is 12.0. The van der Waals surface area contributed by atoms with Gasteiger partial charge in [0.15, 0.2) is 10.3 Å². The van der Waals surface area contributed by atoms with Crippen LogP contribution < -0.4 is 10.1 Å². The highest BCUT2D eigenvalue weighted by molar-refractivity contribution is 7.99. The number of hydrogen-bond donors (Lipinski definition) is 1. The third-order valence-electron chi connectivity index (χ3n) is 4.23. The fourth-order valence-corrected chi connectivity index (χ4v) is 3.92. The van der Waals surface area contributed by atoms with Gasteiger partial charge in [-0.1, -0.05) is 50.0 Å². The van der Waals surface area contributed by atoms with Crippen LogP contribution >= 0.6 is 23.5 Å². The number of rotatable bonds is 15. The zero-order valence-corrected chi connectivity index (χ0v) is 20.7. The van der Waals surface area contributed by atoms with E-state index in [2.05, 4.69) is 40.7 Å². The molecule has 0 atom stereocenters. The molecule has 0 aliphatic rings. The van der Waals surface area contributed by atoms with Gasteiger partial charge in [0.25, 0.3) is 0 Å². The van der Waals surface area contributed by atoms with Gasteiger partial charge in [-0.15, -0.1) is 0 Å². The van der Waals surface area contributed by atoms with E-state index in [-0.39, 0.29) is 5.97 Å². The molecule has 32 heavy (non-hydrogen) atoms. The van der Waals surface area contributed by atoms with Gasteiger partial charge < -0.3 is 14.8 Å². The van der Waals surface area contributed by atoms with Crippen molar-refractivity contribution >= 4 is 41.1 Å². The van der Waals surface area contributed by atoms with Crippen molar-refractivity contribution in [3.63, 3.8) is 0 Å². The minimum absolute atomic E-state index is 0.369. The molecule has 0 saturated carbocycles. The summed E-state index contributed by atoms with van der Waals surface area (Å²) in [6.07, 6.45) is 4.93. The summed E-state index contributed by atoms with van der Waals surface area (Å²) in [5.74, 6) is 2.72. The molecule has 0 fully saturated rings. The SMILES string of the molecule is C=CC(=O)OCCCCCCOc1ccc(C)cc1Nc1nc(SCC)nc(SCC)n1. The molecule has 0 aliphatic carbocycles. The lowest BCUT2D eigenvalue weighted by Crippen LogP contribution is -2.05. The largest absolute Gasteiger partial charge is 0.491 e. The van der Waals surface area contributed by atoms with Crippen molar-refractivity contribution in [3.05, 3.63) is 36.4 Å². The summed E-state index contributed by atoms with van der Waals surface area (Å²) in [4.78, 5) is 24.6. The minimum atomic E-state index is -0.369. The van der Waals surface area contributed by atoms with E-state index in [1.165, 1.54) is 6.08 Å². The maximum Gasteiger partial charge on any atom is 0.330 e. The Bertz CT molecular complexity index is 856. The summed E-state index contributed by atoms with van der Waals surface area (Å²) in [5, 5.41) is 4.76. The fraction of sp³-hybridized carbons (Fsp3) is 0.478. The lowest BCUT2D eigenvalue weighted by Gasteiger charge is -2.14. The van der Waals surface area contributed by atoms with Gasteiger partial charge in [0.05, 0.1) is 18.9 Å². The normalized spacial score (nSPS) is 10.6. The Morgan fingerprint density at radius 1 is 1.03 bits per heavy atom. The van der Waals surface area contributed by atoms with E-state index in [0.29, 0.717) is 19.2 Å². The predicted molar refractivity (Wildman–Crippen MR) is 132 cm³/mol. The Labute approximate surface area is 199 Å². The van der Waals surface area contributed by atoms with E-state index in [9.17, 15) is 4.79 Å². The topological polar surface area (TPSA) is 86.2 Å². The molecule has 1 aromatic heterocycles. The first kappa shape index (κ1) is 26.0. The highest BCUT2D eigenvalue weighted by atomic mass is 32.2. The first-order valence-electron chi connectivity index (χ1n) is 10.9. The molecule has 0 spiro atoms. The standard InChI is InChI=1S/C23H32N4O3S2/c1-5-20(28)30-15-11-9-8-10-14-29-19-13-12-17(4)16-18(19)24-21-25-22(31-6-2)27-23(26-21)32-7-3/h5,12-13,16H,1,6-11,14-15H2,2-4H3,(H,24,25,26,27). The van der Waals surface area contributed by atoms with E-state index >= 15 is 0 Å².